The first-order valence-corrected chi connectivity index (χ1v) is 10.8. The van der Waals surface area contributed by atoms with Gasteiger partial charge in [-0.25, -0.2) is 13.6 Å². The van der Waals surface area contributed by atoms with Crippen molar-refractivity contribution in [3.05, 3.63) is 59.7 Å². The van der Waals surface area contributed by atoms with Crippen LogP contribution >= 0.6 is 0 Å². The van der Waals surface area contributed by atoms with E-state index in [1.807, 2.05) is 48.5 Å². The fraction of sp³-hybridized carbons (Fsp3) is 0.375. The van der Waals surface area contributed by atoms with Crippen LogP contribution in [0, 0.1) is 0 Å². The zero-order valence-electron chi connectivity index (χ0n) is 17.7. The molecule has 0 radical (unpaired) electrons. The number of carbonyl (C=O) groups excluding carboxylic acids is 2. The molecule has 9 heteroatoms. The van der Waals surface area contributed by atoms with E-state index in [1.54, 1.807) is 0 Å². The first kappa shape index (κ1) is 22.7. The van der Waals surface area contributed by atoms with E-state index in [0.29, 0.717) is 12.8 Å². The van der Waals surface area contributed by atoms with E-state index in [2.05, 4.69) is 5.32 Å². The Labute approximate surface area is 189 Å². The van der Waals surface area contributed by atoms with Crippen molar-refractivity contribution < 1.29 is 33.0 Å². The Hall–Kier alpha value is -3.49. The lowest BCUT2D eigenvalue weighted by atomic mass is 9.98. The molecule has 2 aliphatic rings. The molecule has 0 spiro atoms. The number of aliphatic carboxylic acids is 1. The van der Waals surface area contributed by atoms with Crippen molar-refractivity contribution in [1.82, 2.24) is 10.2 Å². The van der Waals surface area contributed by atoms with Gasteiger partial charge in [0.15, 0.2) is 0 Å². The van der Waals surface area contributed by atoms with Gasteiger partial charge in [-0.1, -0.05) is 48.5 Å². The lowest BCUT2D eigenvalue weighted by molar-refractivity contribution is -0.143. The number of hydrogen-bond donors (Lipinski definition) is 2. The van der Waals surface area contributed by atoms with Crippen molar-refractivity contribution in [3.63, 3.8) is 0 Å². The van der Waals surface area contributed by atoms with Gasteiger partial charge < -0.3 is 20.1 Å². The molecule has 2 amide bonds. The number of amides is 2. The van der Waals surface area contributed by atoms with E-state index in [4.69, 9.17) is 4.74 Å². The number of carboxylic acids is 1. The lowest BCUT2D eigenvalue weighted by Crippen LogP contribution is -2.51. The van der Waals surface area contributed by atoms with Gasteiger partial charge in [0.2, 0.25) is 5.91 Å². The summed E-state index contributed by atoms with van der Waals surface area (Å²) in [7, 11) is 0. The van der Waals surface area contributed by atoms with Crippen LogP contribution in [0.25, 0.3) is 11.1 Å². The van der Waals surface area contributed by atoms with Gasteiger partial charge in [0.25, 0.3) is 6.43 Å². The minimum Gasteiger partial charge on any atom is -0.481 e. The molecule has 4 rings (SSSR count). The Morgan fingerprint density at radius 2 is 1.61 bits per heavy atom. The molecule has 0 aliphatic heterocycles. The molecule has 2 aromatic carbocycles. The Morgan fingerprint density at radius 3 is 2.12 bits per heavy atom. The minimum atomic E-state index is -2.76. The van der Waals surface area contributed by atoms with Crippen LogP contribution in [0.15, 0.2) is 48.5 Å². The van der Waals surface area contributed by atoms with Gasteiger partial charge in [-0.15, -0.1) is 0 Å². The van der Waals surface area contributed by atoms with Crippen LogP contribution in [-0.4, -0.2) is 59.6 Å². The van der Waals surface area contributed by atoms with Gasteiger partial charge in [0.05, 0.1) is 13.0 Å². The summed E-state index contributed by atoms with van der Waals surface area (Å²) in [6, 6.07) is 13.7. The van der Waals surface area contributed by atoms with Gasteiger partial charge in [0, 0.05) is 12.0 Å². The van der Waals surface area contributed by atoms with Crippen LogP contribution in [0.4, 0.5) is 13.6 Å². The number of fused-ring (bicyclic) bond motifs is 3. The summed E-state index contributed by atoms with van der Waals surface area (Å²) in [6.07, 6.45) is -3.30. The predicted molar refractivity (Wildman–Crippen MR) is 115 cm³/mol. The fourth-order valence-corrected chi connectivity index (χ4v) is 4.31. The average Bonchev–Trinajstić information content (AvgIpc) is 3.57. The van der Waals surface area contributed by atoms with Crippen molar-refractivity contribution >= 4 is 18.0 Å². The summed E-state index contributed by atoms with van der Waals surface area (Å²) in [5.74, 6) is -2.38. The molecule has 0 heterocycles. The maximum Gasteiger partial charge on any atom is 0.407 e. The number of carbonyl (C=O) groups is 3. The van der Waals surface area contributed by atoms with Gasteiger partial charge in [-0.3, -0.25) is 9.59 Å². The summed E-state index contributed by atoms with van der Waals surface area (Å²) in [4.78, 5) is 37.5. The zero-order valence-corrected chi connectivity index (χ0v) is 17.7. The van der Waals surface area contributed by atoms with Gasteiger partial charge >= 0.3 is 12.1 Å². The van der Waals surface area contributed by atoms with E-state index >= 15 is 0 Å². The van der Waals surface area contributed by atoms with Crippen LogP contribution in [-0.2, 0) is 14.3 Å². The summed E-state index contributed by atoms with van der Waals surface area (Å²) >= 11 is 0. The molecule has 0 aromatic heterocycles. The highest BCUT2D eigenvalue weighted by molar-refractivity contribution is 5.89. The number of alkyl carbamates (subject to hydrolysis) is 1. The number of carboxylic acid groups (broad SMARTS) is 1. The maximum absolute atomic E-state index is 12.9. The Bertz CT molecular complexity index is 1010. The molecule has 1 saturated carbocycles. The van der Waals surface area contributed by atoms with Crippen molar-refractivity contribution in [2.75, 3.05) is 13.2 Å². The van der Waals surface area contributed by atoms with Crippen molar-refractivity contribution in [2.24, 2.45) is 0 Å². The summed E-state index contributed by atoms with van der Waals surface area (Å²) in [6.45, 7) is -0.816. The third kappa shape index (κ3) is 5.13. The first-order chi connectivity index (χ1) is 15.8. The van der Waals surface area contributed by atoms with E-state index in [0.717, 1.165) is 27.2 Å². The molecular weight excluding hydrogens is 434 g/mol. The molecule has 2 aromatic rings. The van der Waals surface area contributed by atoms with Gasteiger partial charge in [-0.2, -0.15) is 0 Å². The Balaban J connectivity index is 1.44. The second-order valence-electron chi connectivity index (χ2n) is 8.23. The molecule has 0 saturated heterocycles. The summed E-state index contributed by atoms with van der Waals surface area (Å²) in [5, 5.41) is 11.5. The summed E-state index contributed by atoms with van der Waals surface area (Å²) < 4.78 is 31.2. The van der Waals surface area contributed by atoms with Gasteiger partial charge in [0.1, 0.15) is 12.6 Å². The monoisotopic (exact) mass is 458 g/mol. The molecule has 2 N–H and O–H groups in total. The third-order valence-electron chi connectivity index (χ3n) is 5.92. The number of ether oxygens (including phenoxy) is 1. The van der Waals surface area contributed by atoms with Crippen molar-refractivity contribution in [1.29, 1.82) is 0 Å². The minimum absolute atomic E-state index is 0.0167. The van der Waals surface area contributed by atoms with Crippen LogP contribution in [0.3, 0.4) is 0 Å². The Morgan fingerprint density at radius 1 is 1.03 bits per heavy atom. The molecule has 0 bridgehead atoms. The smallest absolute Gasteiger partial charge is 0.407 e. The predicted octanol–water partition coefficient (Wildman–Crippen LogP) is 3.62. The maximum atomic E-state index is 12.9. The molecule has 7 nitrogen and oxygen atoms in total. The van der Waals surface area contributed by atoms with Crippen LogP contribution in [0.1, 0.15) is 36.3 Å². The number of nitrogens with one attached hydrogen (secondary N) is 1. The first-order valence-electron chi connectivity index (χ1n) is 10.8. The third-order valence-corrected chi connectivity index (χ3v) is 5.92. The molecule has 1 atom stereocenters. The van der Waals surface area contributed by atoms with Crippen LogP contribution < -0.4 is 5.32 Å². The second-order valence-corrected chi connectivity index (χ2v) is 8.23. The topological polar surface area (TPSA) is 95.9 Å². The second kappa shape index (κ2) is 9.56. The molecule has 2 aliphatic carbocycles. The zero-order chi connectivity index (χ0) is 23.5. The number of nitrogens with zero attached hydrogens (tertiary/aromatic N) is 1. The quantitative estimate of drug-likeness (QED) is 0.598. The number of benzene rings is 2. The highest BCUT2D eigenvalue weighted by atomic mass is 19.3. The standard InChI is InChI=1S/C24H24F2N2O5/c25-21(26)12-28(14-9-10-14)23(31)20(11-22(29)30)27-24(32)33-13-19-17-7-3-1-5-15(17)16-6-2-4-8-18(16)19/h1-8,14,19-21H,9-13H2,(H,27,32)(H,29,30). The van der Waals surface area contributed by atoms with Crippen LogP contribution in [0.2, 0.25) is 0 Å². The number of halogens is 2. The molecule has 174 valence electrons. The molecule has 1 unspecified atom stereocenters. The number of alkyl halides is 2. The van der Waals surface area contributed by atoms with Crippen molar-refractivity contribution in [3.8, 4) is 11.1 Å². The van der Waals surface area contributed by atoms with E-state index in [1.165, 1.54) is 0 Å². The van der Waals surface area contributed by atoms with E-state index in [-0.39, 0.29) is 18.6 Å². The van der Waals surface area contributed by atoms with Crippen LogP contribution in [0.5, 0.6) is 0 Å². The average molecular weight is 458 g/mol. The van der Waals surface area contributed by atoms with E-state index in [9.17, 15) is 28.3 Å². The largest absolute Gasteiger partial charge is 0.481 e. The van der Waals surface area contributed by atoms with E-state index < -0.39 is 43.4 Å². The normalized spacial score (nSPS) is 15.5. The number of rotatable bonds is 9. The molecule has 1 fully saturated rings. The van der Waals surface area contributed by atoms with Crippen molar-refractivity contribution in [2.45, 2.75) is 43.7 Å². The van der Waals surface area contributed by atoms with Gasteiger partial charge in [-0.05, 0) is 35.1 Å². The lowest BCUT2D eigenvalue weighted by Gasteiger charge is -2.27. The molecular formula is C24H24F2N2O5. The highest BCUT2D eigenvalue weighted by Gasteiger charge is 2.39. The summed E-state index contributed by atoms with van der Waals surface area (Å²) in [5.41, 5.74) is 4.10. The number of hydrogen-bond acceptors (Lipinski definition) is 4. The highest BCUT2D eigenvalue weighted by Crippen LogP contribution is 2.44. The molecule has 33 heavy (non-hydrogen) atoms. The Kier molecular flexibility index (Phi) is 6.57. The SMILES string of the molecule is O=C(O)CC(NC(=O)OCC1c2ccccc2-c2ccccc21)C(=O)N(CC(F)F)C1CC1. The fourth-order valence-electron chi connectivity index (χ4n) is 4.31.